The highest BCUT2D eigenvalue weighted by molar-refractivity contribution is 7.98. The number of aromatic nitrogens is 2. The minimum absolute atomic E-state index is 0.192. The van der Waals surface area contributed by atoms with Crippen molar-refractivity contribution in [2.75, 3.05) is 18.6 Å². The second kappa shape index (κ2) is 8.09. The molecule has 0 radical (unpaired) electrons. The Bertz CT molecular complexity index is 983. The van der Waals surface area contributed by atoms with Crippen molar-refractivity contribution in [2.24, 2.45) is 0 Å². The molecule has 7 heteroatoms. The Morgan fingerprint density at radius 3 is 2.44 bits per heavy atom. The lowest BCUT2D eigenvalue weighted by Crippen LogP contribution is -2.21. The fourth-order valence-corrected chi connectivity index (χ4v) is 3.35. The van der Waals surface area contributed by atoms with Gasteiger partial charge in [-0.05, 0) is 43.0 Å². The predicted octanol–water partition coefficient (Wildman–Crippen LogP) is 3.51. The summed E-state index contributed by atoms with van der Waals surface area (Å²) in [6.45, 7) is 1.81. The van der Waals surface area contributed by atoms with Crippen LogP contribution in [0.2, 0.25) is 0 Å². The summed E-state index contributed by atoms with van der Waals surface area (Å²) >= 11 is 1.47. The number of benzene rings is 2. The first kappa shape index (κ1) is 18.7. The van der Waals surface area contributed by atoms with Crippen molar-refractivity contribution in [3.63, 3.8) is 0 Å². The highest BCUT2D eigenvalue weighted by atomic mass is 32.2. The van der Waals surface area contributed by atoms with Crippen LogP contribution in [0.15, 0.2) is 59.9 Å². The lowest BCUT2D eigenvalue weighted by atomic mass is 10.1. The molecule has 3 rings (SSSR count). The van der Waals surface area contributed by atoms with Gasteiger partial charge in [0, 0.05) is 24.0 Å². The lowest BCUT2D eigenvalue weighted by Gasteiger charge is -2.14. The zero-order chi connectivity index (χ0) is 19.4. The van der Waals surface area contributed by atoms with E-state index >= 15 is 0 Å². The molecule has 0 spiro atoms. The Morgan fingerprint density at radius 2 is 1.78 bits per heavy atom. The largest absolute Gasteiger partial charge is 0.355 e. The smallest absolute Gasteiger partial charge is 0.274 e. The van der Waals surface area contributed by atoms with Crippen LogP contribution in [-0.2, 0) is 0 Å². The molecule has 0 unspecified atom stereocenters. The topological polar surface area (TPSA) is 76.0 Å². The van der Waals surface area contributed by atoms with Crippen LogP contribution in [0.5, 0.6) is 0 Å². The maximum absolute atomic E-state index is 13.0. The molecule has 2 N–H and O–H groups in total. The van der Waals surface area contributed by atoms with E-state index in [9.17, 15) is 9.59 Å². The number of carbonyl (C=O) groups excluding carboxylic acids is 2. The van der Waals surface area contributed by atoms with E-state index in [4.69, 9.17) is 0 Å². The lowest BCUT2D eigenvalue weighted by molar-refractivity contribution is 0.0960. The van der Waals surface area contributed by atoms with Crippen LogP contribution in [0, 0.1) is 6.92 Å². The molecular formula is C20H20N4O2S. The van der Waals surface area contributed by atoms with Crippen LogP contribution < -0.4 is 10.6 Å². The number of imidazole rings is 1. The molecule has 0 saturated heterocycles. The van der Waals surface area contributed by atoms with Gasteiger partial charge in [0.1, 0.15) is 5.69 Å². The number of carbonyl (C=O) groups is 2. The van der Waals surface area contributed by atoms with Crippen LogP contribution in [0.1, 0.15) is 26.4 Å². The van der Waals surface area contributed by atoms with Gasteiger partial charge >= 0.3 is 0 Å². The molecule has 2 amide bonds. The number of amides is 2. The average molecular weight is 380 g/mol. The Morgan fingerprint density at radius 1 is 1.04 bits per heavy atom. The first-order chi connectivity index (χ1) is 13.1. The molecule has 2 aromatic carbocycles. The van der Waals surface area contributed by atoms with Crippen molar-refractivity contribution in [3.05, 3.63) is 71.5 Å². The van der Waals surface area contributed by atoms with E-state index in [2.05, 4.69) is 15.6 Å². The van der Waals surface area contributed by atoms with Gasteiger partial charge in [-0.25, -0.2) is 4.98 Å². The molecular weight excluding hydrogens is 360 g/mol. The summed E-state index contributed by atoms with van der Waals surface area (Å²) in [5, 5.41) is 6.24. The molecule has 0 saturated carbocycles. The summed E-state index contributed by atoms with van der Waals surface area (Å²) in [4.78, 5) is 29.3. The molecule has 0 atom stereocenters. The van der Waals surface area contributed by atoms with Crippen LogP contribution in [0.25, 0.3) is 5.69 Å². The van der Waals surface area contributed by atoms with Crippen LogP contribution in [0.4, 0.5) is 5.69 Å². The molecule has 0 aliphatic carbocycles. The van der Waals surface area contributed by atoms with Crippen molar-refractivity contribution >= 4 is 29.3 Å². The number of para-hydroxylation sites is 1. The first-order valence-electron chi connectivity index (χ1n) is 8.37. The van der Waals surface area contributed by atoms with E-state index < -0.39 is 0 Å². The summed E-state index contributed by atoms with van der Waals surface area (Å²) in [6.07, 6.45) is 3.48. The summed E-state index contributed by atoms with van der Waals surface area (Å²) < 4.78 is 1.82. The number of hydrogen-bond donors (Lipinski definition) is 2. The van der Waals surface area contributed by atoms with Gasteiger partial charge in [0.2, 0.25) is 0 Å². The fourth-order valence-electron chi connectivity index (χ4n) is 2.80. The maximum Gasteiger partial charge on any atom is 0.274 e. The number of thioether (sulfide) groups is 1. The van der Waals surface area contributed by atoms with E-state index in [0.29, 0.717) is 22.5 Å². The molecule has 0 fully saturated rings. The molecule has 6 nitrogen and oxygen atoms in total. The molecule has 1 heterocycles. The second-order valence-corrected chi connectivity index (χ2v) is 6.59. The van der Waals surface area contributed by atoms with Gasteiger partial charge in [0.05, 0.1) is 6.20 Å². The van der Waals surface area contributed by atoms with Crippen molar-refractivity contribution < 1.29 is 9.59 Å². The predicted molar refractivity (Wildman–Crippen MR) is 108 cm³/mol. The van der Waals surface area contributed by atoms with Crippen LogP contribution in [0.3, 0.4) is 0 Å². The van der Waals surface area contributed by atoms with Gasteiger partial charge < -0.3 is 10.6 Å². The first-order valence-corrected chi connectivity index (χ1v) is 9.59. The SMILES string of the molecule is CNC(=O)c1cccc(NC(=O)c2cnc(SC)n2-c2ccccc2)c1C. The zero-order valence-electron chi connectivity index (χ0n) is 15.3. The number of hydrogen-bond acceptors (Lipinski definition) is 4. The Balaban J connectivity index is 1.97. The molecule has 3 aromatic rings. The van der Waals surface area contributed by atoms with E-state index in [-0.39, 0.29) is 11.8 Å². The summed E-state index contributed by atoms with van der Waals surface area (Å²) in [5.74, 6) is -0.480. The molecule has 0 aliphatic heterocycles. The number of nitrogens with zero attached hydrogens (tertiary/aromatic N) is 2. The summed E-state index contributed by atoms with van der Waals surface area (Å²) in [6, 6.07) is 14.9. The Kier molecular flexibility index (Phi) is 5.61. The van der Waals surface area contributed by atoms with Crippen LogP contribution >= 0.6 is 11.8 Å². The zero-order valence-corrected chi connectivity index (χ0v) is 16.1. The van der Waals surface area contributed by atoms with Gasteiger partial charge in [-0.2, -0.15) is 0 Å². The van der Waals surface area contributed by atoms with Gasteiger partial charge in [0.15, 0.2) is 5.16 Å². The monoisotopic (exact) mass is 380 g/mol. The molecule has 27 heavy (non-hydrogen) atoms. The second-order valence-electron chi connectivity index (χ2n) is 5.81. The quantitative estimate of drug-likeness (QED) is 0.664. The summed E-state index contributed by atoms with van der Waals surface area (Å²) in [7, 11) is 1.58. The third-order valence-corrected chi connectivity index (χ3v) is 4.87. The Labute approximate surface area is 162 Å². The van der Waals surface area contributed by atoms with E-state index in [1.807, 2.05) is 48.1 Å². The standard InChI is InChI=1S/C20H20N4O2S/c1-13-15(18(25)21-2)10-7-11-16(13)23-19(26)17-12-22-20(27-3)24(17)14-8-5-4-6-9-14/h4-12H,1-3H3,(H,21,25)(H,23,26). The number of nitrogens with one attached hydrogen (secondary N) is 2. The third-order valence-electron chi connectivity index (χ3n) is 4.21. The minimum Gasteiger partial charge on any atom is -0.355 e. The molecule has 0 aliphatic rings. The van der Waals surface area contributed by atoms with Gasteiger partial charge in [0.25, 0.3) is 11.8 Å². The van der Waals surface area contributed by atoms with E-state index in [1.165, 1.54) is 11.8 Å². The van der Waals surface area contributed by atoms with Crippen molar-refractivity contribution in [2.45, 2.75) is 12.1 Å². The van der Waals surface area contributed by atoms with Gasteiger partial charge in [-0.15, -0.1) is 0 Å². The summed E-state index contributed by atoms with van der Waals surface area (Å²) in [5.41, 5.74) is 3.11. The van der Waals surface area contributed by atoms with Gasteiger partial charge in [-0.3, -0.25) is 14.2 Å². The van der Waals surface area contributed by atoms with Gasteiger partial charge in [-0.1, -0.05) is 36.0 Å². The number of anilines is 1. The van der Waals surface area contributed by atoms with Crippen molar-refractivity contribution in [1.82, 2.24) is 14.9 Å². The van der Waals surface area contributed by atoms with E-state index in [0.717, 1.165) is 10.8 Å². The number of rotatable bonds is 5. The third kappa shape index (κ3) is 3.73. The fraction of sp³-hybridized carbons (Fsp3) is 0.150. The highest BCUT2D eigenvalue weighted by Gasteiger charge is 2.19. The van der Waals surface area contributed by atoms with Crippen molar-refractivity contribution in [3.8, 4) is 5.69 Å². The van der Waals surface area contributed by atoms with E-state index in [1.54, 1.807) is 31.4 Å². The highest BCUT2D eigenvalue weighted by Crippen LogP contribution is 2.24. The minimum atomic E-state index is -0.288. The van der Waals surface area contributed by atoms with Crippen LogP contribution in [-0.4, -0.2) is 34.7 Å². The molecule has 138 valence electrons. The van der Waals surface area contributed by atoms with Crippen molar-refractivity contribution in [1.29, 1.82) is 0 Å². The molecule has 1 aromatic heterocycles. The Hall–Kier alpha value is -3.06. The molecule has 0 bridgehead atoms. The maximum atomic E-state index is 13.0. The normalized spacial score (nSPS) is 10.5. The average Bonchev–Trinajstić information content (AvgIpc) is 3.14.